The highest BCUT2D eigenvalue weighted by molar-refractivity contribution is 9.10. The molecule has 0 aliphatic heterocycles. The predicted molar refractivity (Wildman–Crippen MR) is 108 cm³/mol. The van der Waals surface area contributed by atoms with E-state index in [9.17, 15) is 4.79 Å². The van der Waals surface area contributed by atoms with Gasteiger partial charge in [-0.3, -0.25) is 14.2 Å². The molecule has 7 heteroatoms. The molecule has 0 N–H and O–H groups in total. The first-order valence-electron chi connectivity index (χ1n) is 8.46. The number of ether oxygens (including phenoxy) is 1. The minimum Gasteiger partial charge on any atom is -0.496 e. The fourth-order valence-electron chi connectivity index (χ4n) is 3.01. The van der Waals surface area contributed by atoms with Crippen molar-refractivity contribution in [3.05, 3.63) is 69.2 Å². The molecule has 3 aromatic rings. The van der Waals surface area contributed by atoms with Crippen LogP contribution in [0.4, 0.5) is 0 Å². The fraction of sp³-hybridized carbons (Fsp3) is 0.250. The third-order valence-electron chi connectivity index (χ3n) is 4.42. The molecule has 0 atom stereocenters. The van der Waals surface area contributed by atoms with Crippen LogP contribution in [-0.2, 0) is 13.6 Å². The first kappa shape index (κ1) is 19.1. The highest BCUT2D eigenvalue weighted by atomic mass is 79.9. The van der Waals surface area contributed by atoms with E-state index in [1.807, 2.05) is 56.0 Å². The van der Waals surface area contributed by atoms with Crippen molar-refractivity contribution in [2.45, 2.75) is 20.4 Å². The third kappa shape index (κ3) is 4.19. The minimum absolute atomic E-state index is 0.0496. The van der Waals surface area contributed by atoms with Gasteiger partial charge >= 0.3 is 0 Å². The normalized spacial score (nSPS) is 11.3. The number of ketones is 1. The smallest absolute Gasteiger partial charge is 0.189 e. The highest BCUT2D eigenvalue weighted by Gasteiger charge is 2.15. The van der Waals surface area contributed by atoms with Crippen molar-refractivity contribution >= 4 is 27.8 Å². The Bertz CT molecular complexity index is 1020. The van der Waals surface area contributed by atoms with Gasteiger partial charge < -0.3 is 4.74 Å². The molecule has 0 bridgehead atoms. The van der Waals surface area contributed by atoms with E-state index >= 15 is 0 Å². The summed E-state index contributed by atoms with van der Waals surface area (Å²) in [5.41, 5.74) is 4.16. The number of hydrogen-bond acceptors (Lipinski definition) is 4. The number of allylic oxidation sites excluding steroid dienone is 1. The number of hydrogen-bond donors (Lipinski definition) is 0. The molecule has 0 spiro atoms. The SMILES string of the molecule is COc1ccc(/C=C/C(=O)c2c(C)nn(C)c2C)cc1Cn1cc(Br)cn1. The van der Waals surface area contributed by atoms with Crippen LogP contribution >= 0.6 is 15.9 Å². The number of halogens is 1. The molecule has 6 nitrogen and oxygen atoms in total. The van der Waals surface area contributed by atoms with Crippen LogP contribution in [0.3, 0.4) is 0 Å². The van der Waals surface area contributed by atoms with E-state index in [-0.39, 0.29) is 5.78 Å². The average Bonchev–Trinajstić information content (AvgIpc) is 3.15. The van der Waals surface area contributed by atoms with Crippen molar-refractivity contribution in [2.75, 3.05) is 7.11 Å². The van der Waals surface area contributed by atoms with Gasteiger partial charge in [0.2, 0.25) is 0 Å². The molecule has 0 radical (unpaired) electrons. The van der Waals surface area contributed by atoms with Crippen LogP contribution in [0.1, 0.15) is 32.9 Å². The molecular weight excluding hydrogens is 408 g/mol. The number of carbonyl (C=O) groups excluding carboxylic acids is 1. The molecule has 140 valence electrons. The Hall–Kier alpha value is -2.67. The molecule has 2 aromatic heterocycles. The zero-order chi connectivity index (χ0) is 19.6. The minimum atomic E-state index is -0.0496. The summed E-state index contributed by atoms with van der Waals surface area (Å²) in [6.45, 7) is 4.32. The van der Waals surface area contributed by atoms with Gasteiger partial charge in [0.15, 0.2) is 5.78 Å². The first-order chi connectivity index (χ1) is 12.9. The average molecular weight is 429 g/mol. The van der Waals surface area contributed by atoms with Gasteiger partial charge in [-0.25, -0.2) is 0 Å². The highest BCUT2D eigenvalue weighted by Crippen LogP contribution is 2.23. The van der Waals surface area contributed by atoms with Gasteiger partial charge in [0.05, 0.1) is 35.6 Å². The van der Waals surface area contributed by atoms with Crippen molar-refractivity contribution in [1.82, 2.24) is 19.6 Å². The van der Waals surface area contributed by atoms with Crippen LogP contribution in [0, 0.1) is 13.8 Å². The maximum absolute atomic E-state index is 12.6. The third-order valence-corrected chi connectivity index (χ3v) is 4.83. The van der Waals surface area contributed by atoms with Crippen molar-refractivity contribution in [3.63, 3.8) is 0 Å². The lowest BCUT2D eigenvalue weighted by Gasteiger charge is -2.09. The number of rotatable bonds is 6. The molecule has 3 rings (SSSR count). The number of aryl methyl sites for hydroxylation is 2. The summed E-state index contributed by atoms with van der Waals surface area (Å²) in [4.78, 5) is 12.6. The van der Waals surface area contributed by atoms with E-state index in [4.69, 9.17) is 4.74 Å². The Balaban J connectivity index is 1.85. The molecule has 27 heavy (non-hydrogen) atoms. The van der Waals surface area contributed by atoms with Crippen molar-refractivity contribution in [3.8, 4) is 5.75 Å². The quantitative estimate of drug-likeness (QED) is 0.440. The second kappa shape index (κ2) is 7.92. The summed E-state index contributed by atoms with van der Waals surface area (Å²) in [6, 6.07) is 5.83. The summed E-state index contributed by atoms with van der Waals surface area (Å²) < 4.78 is 9.92. The van der Waals surface area contributed by atoms with Crippen molar-refractivity contribution in [2.24, 2.45) is 7.05 Å². The summed E-state index contributed by atoms with van der Waals surface area (Å²) >= 11 is 3.40. The summed E-state index contributed by atoms with van der Waals surface area (Å²) in [6.07, 6.45) is 7.05. The zero-order valence-electron chi connectivity index (χ0n) is 15.7. The van der Waals surface area contributed by atoms with Gasteiger partial charge in [-0.1, -0.05) is 12.1 Å². The number of carbonyl (C=O) groups is 1. The molecule has 0 amide bonds. The predicted octanol–water partition coefficient (Wildman–Crippen LogP) is 3.95. The van der Waals surface area contributed by atoms with Gasteiger partial charge in [-0.2, -0.15) is 10.2 Å². The summed E-state index contributed by atoms with van der Waals surface area (Å²) in [5, 5.41) is 8.59. The largest absolute Gasteiger partial charge is 0.496 e. The number of nitrogens with zero attached hydrogens (tertiary/aromatic N) is 4. The lowest BCUT2D eigenvalue weighted by Crippen LogP contribution is -2.02. The van der Waals surface area contributed by atoms with E-state index < -0.39 is 0 Å². The lowest BCUT2D eigenvalue weighted by molar-refractivity contribution is 0.104. The molecule has 1 aromatic carbocycles. The Morgan fingerprint density at radius 3 is 2.70 bits per heavy atom. The van der Waals surface area contributed by atoms with Crippen LogP contribution in [0.15, 0.2) is 41.1 Å². The van der Waals surface area contributed by atoms with Crippen LogP contribution in [0.5, 0.6) is 5.75 Å². The summed E-state index contributed by atoms with van der Waals surface area (Å²) in [5.74, 6) is 0.732. The molecule has 0 saturated carbocycles. The van der Waals surface area contributed by atoms with E-state index in [2.05, 4.69) is 26.1 Å². The topological polar surface area (TPSA) is 61.9 Å². The van der Waals surface area contributed by atoms with Crippen LogP contribution in [0.25, 0.3) is 6.08 Å². The number of aromatic nitrogens is 4. The summed E-state index contributed by atoms with van der Waals surface area (Å²) in [7, 11) is 3.48. The Morgan fingerprint density at radius 2 is 2.11 bits per heavy atom. The van der Waals surface area contributed by atoms with Gasteiger partial charge in [-0.15, -0.1) is 0 Å². The molecule has 0 unspecified atom stereocenters. The second-order valence-corrected chi connectivity index (χ2v) is 7.21. The molecule has 0 aliphatic rings. The Morgan fingerprint density at radius 1 is 1.33 bits per heavy atom. The monoisotopic (exact) mass is 428 g/mol. The van der Waals surface area contributed by atoms with Crippen LogP contribution < -0.4 is 4.74 Å². The van der Waals surface area contributed by atoms with Crippen LogP contribution in [-0.4, -0.2) is 32.5 Å². The zero-order valence-corrected chi connectivity index (χ0v) is 17.3. The maximum Gasteiger partial charge on any atom is 0.189 e. The van der Waals surface area contributed by atoms with Gasteiger partial charge in [0.1, 0.15) is 5.75 Å². The van der Waals surface area contributed by atoms with Crippen LogP contribution in [0.2, 0.25) is 0 Å². The Kier molecular flexibility index (Phi) is 5.60. The van der Waals surface area contributed by atoms with Crippen molar-refractivity contribution in [1.29, 1.82) is 0 Å². The number of methoxy groups -OCH3 is 1. The standard InChI is InChI=1S/C20H21BrN4O2/c1-13-20(14(2)24(3)23-13)18(26)7-5-15-6-8-19(27-4)16(9-15)11-25-12-17(21)10-22-25/h5-10,12H,11H2,1-4H3/b7-5+. The van der Waals surface area contributed by atoms with E-state index in [0.29, 0.717) is 12.1 Å². The Labute approximate surface area is 166 Å². The van der Waals surface area contributed by atoms with Gasteiger partial charge in [0, 0.05) is 24.5 Å². The molecular formula is C20H21BrN4O2. The van der Waals surface area contributed by atoms with E-state index in [1.54, 1.807) is 24.1 Å². The van der Waals surface area contributed by atoms with Crippen molar-refractivity contribution < 1.29 is 9.53 Å². The lowest BCUT2D eigenvalue weighted by atomic mass is 10.1. The van der Waals surface area contributed by atoms with Gasteiger partial charge in [-0.05, 0) is 53.5 Å². The first-order valence-corrected chi connectivity index (χ1v) is 9.26. The van der Waals surface area contributed by atoms with E-state index in [1.165, 1.54) is 0 Å². The second-order valence-electron chi connectivity index (χ2n) is 6.29. The maximum atomic E-state index is 12.6. The fourth-order valence-corrected chi connectivity index (χ4v) is 3.34. The van der Waals surface area contributed by atoms with E-state index in [0.717, 1.165) is 32.7 Å². The molecule has 0 fully saturated rings. The molecule has 0 aliphatic carbocycles. The van der Waals surface area contributed by atoms with Gasteiger partial charge in [0.25, 0.3) is 0 Å². The molecule has 2 heterocycles. The molecule has 0 saturated heterocycles. The number of benzene rings is 1.